The molecule has 2 amide bonds. The predicted octanol–water partition coefficient (Wildman–Crippen LogP) is 6.18. The van der Waals surface area contributed by atoms with E-state index in [4.69, 9.17) is 11.6 Å². The van der Waals surface area contributed by atoms with Gasteiger partial charge in [-0.05, 0) is 67.3 Å². The van der Waals surface area contributed by atoms with Crippen LogP contribution in [0, 0.1) is 6.92 Å². The van der Waals surface area contributed by atoms with Crippen molar-refractivity contribution in [1.29, 1.82) is 0 Å². The third-order valence-corrected chi connectivity index (χ3v) is 9.44. The number of para-hydroxylation sites is 1. The normalized spacial score (nSPS) is 11.9. The fourth-order valence-corrected chi connectivity index (χ4v) is 6.61. The Morgan fingerprint density at radius 2 is 1.45 bits per heavy atom. The van der Waals surface area contributed by atoms with Crippen molar-refractivity contribution in [3.05, 3.63) is 130 Å². The summed E-state index contributed by atoms with van der Waals surface area (Å²) in [5.41, 5.74) is 3.75. The Labute approximate surface area is 265 Å². The van der Waals surface area contributed by atoms with E-state index in [0.29, 0.717) is 23.7 Å². The molecule has 0 saturated carbocycles. The van der Waals surface area contributed by atoms with E-state index in [2.05, 4.69) is 5.32 Å². The standard InChI is InChI=1S/C35H38ClN3O4S/c1-4-29-13-9-10-14-32(29)39(44(42,43)31-21-15-26(3)16-22-31)25-34(40)38(24-28-17-19-30(36)20-18-28)33(35(41)37-5-2)23-27-11-7-6-8-12-27/h6-22,33H,4-5,23-25H2,1-3H3,(H,37,41)/t33-/m0/s1. The van der Waals surface area contributed by atoms with Gasteiger partial charge in [0.2, 0.25) is 11.8 Å². The molecule has 0 aliphatic heterocycles. The Balaban J connectivity index is 1.82. The van der Waals surface area contributed by atoms with Crippen molar-refractivity contribution in [2.24, 2.45) is 0 Å². The first-order valence-electron chi connectivity index (χ1n) is 14.7. The number of hydrogen-bond donors (Lipinski definition) is 1. The molecule has 0 saturated heterocycles. The van der Waals surface area contributed by atoms with Gasteiger partial charge in [0.1, 0.15) is 12.6 Å². The zero-order valence-electron chi connectivity index (χ0n) is 25.2. The molecule has 1 atom stereocenters. The summed E-state index contributed by atoms with van der Waals surface area (Å²) in [4.78, 5) is 29.6. The molecule has 0 aromatic heterocycles. The summed E-state index contributed by atoms with van der Waals surface area (Å²) in [5.74, 6) is -0.825. The number of likely N-dealkylation sites (N-methyl/N-ethyl adjacent to an activating group) is 1. The maximum absolute atomic E-state index is 14.5. The second kappa shape index (κ2) is 15.0. The number of hydrogen-bond acceptors (Lipinski definition) is 4. The molecule has 0 unspecified atom stereocenters. The Morgan fingerprint density at radius 3 is 2.09 bits per heavy atom. The zero-order valence-corrected chi connectivity index (χ0v) is 26.8. The van der Waals surface area contributed by atoms with Crippen molar-refractivity contribution < 1.29 is 18.0 Å². The molecule has 9 heteroatoms. The minimum Gasteiger partial charge on any atom is -0.355 e. The van der Waals surface area contributed by atoms with Crippen LogP contribution < -0.4 is 9.62 Å². The first-order chi connectivity index (χ1) is 21.1. The zero-order chi connectivity index (χ0) is 31.7. The maximum Gasteiger partial charge on any atom is 0.264 e. The quantitative estimate of drug-likeness (QED) is 0.191. The van der Waals surface area contributed by atoms with Crippen molar-refractivity contribution in [3.63, 3.8) is 0 Å². The van der Waals surface area contributed by atoms with Crippen LogP contribution in [0.2, 0.25) is 5.02 Å². The smallest absolute Gasteiger partial charge is 0.264 e. The van der Waals surface area contributed by atoms with Crippen LogP contribution in [0.15, 0.2) is 108 Å². The largest absolute Gasteiger partial charge is 0.355 e. The number of anilines is 1. The highest BCUT2D eigenvalue weighted by atomic mass is 35.5. The number of sulfonamides is 1. The number of nitrogens with one attached hydrogen (secondary N) is 1. The van der Waals surface area contributed by atoms with E-state index in [1.165, 1.54) is 9.21 Å². The molecule has 0 bridgehead atoms. The molecule has 0 fully saturated rings. The number of aryl methyl sites for hydroxylation is 2. The van der Waals surface area contributed by atoms with Gasteiger partial charge in [-0.15, -0.1) is 0 Å². The van der Waals surface area contributed by atoms with E-state index in [-0.39, 0.29) is 23.8 Å². The Morgan fingerprint density at radius 1 is 0.818 bits per heavy atom. The predicted molar refractivity (Wildman–Crippen MR) is 176 cm³/mol. The van der Waals surface area contributed by atoms with Gasteiger partial charge in [0.25, 0.3) is 10.0 Å². The third kappa shape index (κ3) is 8.07. The molecule has 4 rings (SSSR count). The van der Waals surface area contributed by atoms with Crippen LogP contribution in [0.4, 0.5) is 5.69 Å². The van der Waals surface area contributed by atoms with Crippen LogP contribution in [-0.4, -0.2) is 44.3 Å². The molecule has 7 nitrogen and oxygen atoms in total. The van der Waals surface area contributed by atoms with Crippen molar-refractivity contribution >= 4 is 39.1 Å². The molecule has 0 aliphatic rings. The number of benzene rings is 4. The van der Waals surface area contributed by atoms with E-state index >= 15 is 0 Å². The molecule has 230 valence electrons. The molecular weight excluding hydrogens is 594 g/mol. The fourth-order valence-electron chi connectivity index (χ4n) is 5.04. The lowest BCUT2D eigenvalue weighted by atomic mass is 10.0. The van der Waals surface area contributed by atoms with Gasteiger partial charge in [0.15, 0.2) is 0 Å². The minimum atomic E-state index is -4.16. The van der Waals surface area contributed by atoms with E-state index in [1.54, 1.807) is 60.7 Å². The molecule has 4 aromatic carbocycles. The molecule has 0 spiro atoms. The summed E-state index contributed by atoms with van der Waals surface area (Å²) in [5, 5.41) is 3.42. The summed E-state index contributed by atoms with van der Waals surface area (Å²) in [7, 11) is -4.16. The monoisotopic (exact) mass is 631 g/mol. The van der Waals surface area contributed by atoms with E-state index in [1.807, 2.05) is 63.2 Å². The van der Waals surface area contributed by atoms with Crippen LogP contribution >= 0.6 is 11.6 Å². The van der Waals surface area contributed by atoms with Crippen molar-refractivity contribution in [3.8, 4) is 0 Å². The topological polar surface area (TPSA) is 86.8 Å². The van der Waals surface area contributed by atoms with Gasteiger partial charge in [0.05, 0.1) is 10.6 Å². The van der Waals surface area contributed by atoms with E-state index < -0.39 is 28.5 Å². The summed E-state index contributed by atoms with van der Waals surface area (Å²) in [6.45, 7) is 5.61. The van der Waals surface area contributed by atoms with Gasteiger partial charge in [-0.2, -0.15) is 0 Å². The summed E-state index contributed by atoms with van der Waals surface area (Å²) >= 11 is 6.14. The molecule has 0 radical (unpaired) electrons. The number of amides is 2. The number of carbonyl (C=O) groups is 2. The number of nitrogens with zero attached hydrogens (tertiary/aromatic N) is 2. The van der Waals surface area contributed by atoms with Crippen LogP contribution in [0.25, 0.3) is 0 Å². The lowest BCUT2D eigenvalue weighted by Crippen LogP contribution is -2.53. The highest BCUT2D eigenvalue weighted by molar-refractivity contribution is 7.92. The van der Waals surface area contributed by atoms with Gasteiger partial charge in [-0.25, -0.2) is 8.42 Å². The SMILES string of the molecule is CCNC(=O)[C@H](Cc1ccccc1)N(Cc1ccc(Cl)cc1)C(=O)CN(c1ccccc1CC)S(=O)(=O)c1ccc(C)cc1. The number of carbonyl (C=O) groups excluding carboxylic acids is 2. The van der Waals surface area contributed by atoms with E-state index in [9.17, 15) is 18.0 Å². The Bertz CT molecular complexity index is 1660. The second-order valence-corrected chi connectivity index (χ2v) is 12.9. The highest BCUT2D eigenvalue weighted by Gasteiger charge is 2.35. The van der Waals surface area contributed by atoms with Crippen LogP contribution in [0.1, 0.15) is 36.1 Å². The Hall–Kier alpha value is -4.14. The first kappa shape index (κ1) is 32.8. The van der Waals surface area contributed by atoms with Crippen LogP contribution in [0.3, 0.4) is 0 Å². The molecule has 4 aromatic rings. The average molecular weight is 632 g/mol. The maximum atomic E-state index is 14.5. The average Bonchev–Trinajstić information content (AvgIpc) is 3.03. The van der Waals surface area contributed by atoms with Crippen molar-refractivity contribution in [2.45, 2.75) is 51.1 Å². The fraction of sp³-hybridized carbons (Fsp3) is 0.257. The van der Waals surface area contributed by atoms with Crippen molar-refractivity contribution in [2.75, 3.05) is 17.4 Å². The van der Waals surface area contributed by atoms with E-state index in [0.717, 1.165) is 22.3 Å². The number of rotatable bonds is 13. The van der Waals surface area contributed by atoms with Gasteiger partial charge >= 0.3 is 0 Å². The summed E-state index contributed by atoms with van der Waals surface area (Å²) < 4.78 is 29.6. The van der Waals surface area contributed by atoms with Crippen molar-refractivity contribution in [1.82, 2.24) is 10.2 Å². The minimum absolute atomic E-state index is 0.0793. The van der Waals surface area contributed by atoms with Gasteiger partial charge < -0.3 is 10.2 Å². The second-order valence-electron chi connectivity index (χ2n) is 10.6. The van der Waals surface area contributed by atoms with Crippen LogP contribution in [-0.2, 0) is 39.0 Å². The molecule has 1 N–H and O–H groups in total. The number of halogens is 1. The highest BCUT2D eigenvalue weighted by Crippen LogP contribution is 2.29. The lowest BCUT2D eigenvalue weighted by Gasteiger charge is -2.34. The molecule has 0 aliphatic carbocycles. The molecular formula is C35H38ClN3O4S. The third-order valence-electron chi connectivity index (χ3n) is 7.42. The lowest BCUT2D eigenvalue weighted by molar-refractivity contribution is -0.140. The van der Waals surface area contributed by atoms with Crippen LogP contribution in [0.5, 0.6) is 0 Å². The summed E-state index contributed by atoms with van der Waals surface area (Å²) in [6, 6.07) is 29.4. The first-order valence-corrected chi connectivity index (χ1v) is 16.5. The van der Waals surface area contributed by atoms with Gasteiger partial charge in [-0.3, -0.25) is 13.9 Å². The molecule has 44 heavy (non-hydrogen) atoms. The summed E-state index contributed by atoms with van der Waals surface area (Å²) in [6.07, 6.45) is 0.816. The van der Waals surface area contributed by atoms with Gasteiger partial charge in [0, 0.05) is 24.5 Å². The molecule has 0 heterocycles. The van der Waals surface area contributed by atoms with Gasteiger partial charge in [-0.1, -0.05) is 96.9 Å². The Kier molecular flexibility index (Phi) is 11.2.